The highest BCUT2D eigenvalue weighted by molar-refractivity contribution is 7.14. The first-order chi connectivity index (χ1) is 10.5. The highest BCUT2D eigenvalue weighted by Gasteiger charge is 2.13. The molecule has 0 fully saturated rings. The zero-order valence-corrected chi connectivity index (χ0v) is 13.3. The number of thiazole rings is 1. The molecule has 0 bridgehead atoms. The standard InChI is InChI=1S/C15H16N2O4S/c1-4-21-12-6-5-10(7-13(12)20-3)14(19)17-15-16-11(8-22-15)9(2)18/h5-8H,4H2,1-3H3,(H,16,17,19). The lowest BCUT2D eigenvalue weighted by Crippen LogP contribution is -2.12. The van der Waals surface area contributed by atoms with Gasteiger partial charge in [0, 0.05) is 17.9 Å². The van der Waals surface area contributed by atoms with Crippen molar-refractivity contribution in [3.63, 3.8) is 0 Å². The van der Waals surface area contributed by atoms with Crippen LogP contribution in [0.5, 0.6) is 11.5 Å². The van der Waals surface area contributed by atoms with E-state index in [1.165, 1.54) is 25.4 Å². The number of Topliss-reactive ketones (excluding diaryl/α,β-unsaturated/α-hetero) is 1. The van der Waals surface area contributed by atoms with Crippen molar-refractivity contribution < 1.29 is 19.1 Å². The normalized spacial score (nSPS) is 10.1. The lowest BCUT2D eigenvalue weighted by molar-refractivity contribution is 0.100. The molecule has 0 saturated heterocycles. The molecule has 0 spiro atoms. The largest absolute Gasteiger partial charge is 0.493 e. The molecule has 6 nitrogen and oxygen atoms in total. The van der Waals surface area contributed by atoms with Gasteiger partial charge in [-0.3, -0.25) is 14.9 Å². The van der Waals surface area contributed by atoms with Crippen LogP contribution in [0.25, 0.3) is 0 Å². The number of hydrogen-bond acceptors (Lipinski definition) is 6. The van der Waals surface area contributed by atoms with Crippen molar-refractivity contribution in [2.24, 2.45) is 0 Å². The van der Waals surface area contributed by atoms with Crippen LogP contribution in [0.15, 0.2) is 23.6 Å². The molecule has 0 saturated carbocycles. The van der Waals surface area contributed by atoms with E-state index in [0.717, 1.165) is 0 Å². The van der Waals surface area contributed by atoms with Crippen molar-refractivity contribution in [2.75, 3.05) is 19.0 Å². The Morgan fingerprint density at radius 3 is 2.68 bits per heavy atom. The van der Waals surface area contributed by atoms with Crippen LogP contribution in [0.4, 0.5) is 5.13 Å². The molecule has 1 heterocycles. The molecule has 0 atom stereocenters. The predicted molar refractivity (Wildman–Crippen MR) is 84.2 cm³/mol. The molecule has 2 rings (SSSR count). The monoisotopic (exact) mass is 320 g/mol. The van der Waals surface area contributed by atoms with E-state index in [1.54, 1.807) is 23.6 Å². The Hall–Kier alpha value is -2.41. The predicted octanol–water partition coefficient (Wildman–Crippen LogP) is 3.01. The first-order valence-corrected chi connectivity index (χ1v) is 7.51. The first-order valence-electron chi connectivity index (χ1n) is 6.63. The number of hydrogen-bond donors (Lipinski definition) is 1. The summed E-state index contributed by atoms with van der Waals surface area (Å²) in [7, 11) is 1.51. The Morgan fingerprint density at radius 1 is 1.32 bits per heavy atom. The second-order valence-corrected chi connectivity index (χ2v) is 5.20. The molecule has 22 heavy (non-hydrogen) atoms. The fourth-order valence-electron chi connectivity index (χ4n) is 1.75. The number of carbonyl (C=O) groups is 2. The van der Waals surface area contributed by atoms with E-state index in [1.807, 2.05) is 6.92 Å². The third kappa shape index (κ3) is 3.62. The van der Waals surface area contributed by atoms with Crippen molar-refractivity contribution in [1.29, 1.82) is 0 Å². The van der Waals surface area contributed by atoms with Gasteiger partial charge in [0.05, 0.1) is 13.7 Å². The number of rotatable bonds is 6. The Bertz CT molecular complexity index is 697. The summed E-state index contributed by atoms with van der Waals surface area (Å²) >= 11 is 1.20. The summed E-state index contributed by atoms with van der Waals surface area (Å²) in [5.41, 5.74) is 0.754. The summed E-state index contributed by atoms with van der Waals surface area (Å²) in [5.74, 6) is 0.595. The number of amides is 1. The number of methoxy groups -OCH3 is 1. The molecule has 1 aromatic carbocycles. The average Bonchev–Trinajstić information content (AvgIpc) is 2.96. The highest BCUT2D eigenvalue weighted by Crippen LogP contribution is 2.28. The maximum atomic E-state index is 12.2. The quantitative estimate of drug-likeness (QED) is 0.828. The van der Waals surface area contributed by atoms with Gasteiger partial charge in [-0.1, -0.05) is 0 Å². The number of nitrogens with zero attached hydrogens (tertiary/aromatic N) is 1. The summed E-state index contributed by atoms with van der Waals surface area (Å²) < 4.78 is 10.6. The summed E-state index contributed by atoms with van der Waals surface area (Å²) in [4.78, 5) is 27.4. The van der Waals surface area contributed by atoms with Crippen LogP contribution in [0.3, 0.4) is 0 Å². The van der Waals surface area contributed by atoms with Crippen LogP contribution in [0, 0.1) is 0 Å². The van der Waals surface area contributed by atoms with Crippen LogP contribution in [0.2, 0.25) is 0 Å². The Kier molecular flexibility index (Phi) is 5.11. The van der Waals surface area contributed by atoms with Gasteiger partial charge in [-0.25, -0.2) is 4.98 Å². The van der Waals surface area contributed by atoms with Crippen LogP contribution in [0.1, 0.15) is 34.7 Å². The van der Waals surface area contributed by atoms with Crippen LogP contribution in [-0.2, 0) is 0 Å². The van der Waals surface area contributed by atoms with Gasteiger partial charge in [0.1, 0.15) is 5.69 Å². The minimum atomic E-state index is -0.328. The Morgan fingerprint density at radius 2 is 2.09 bits per heavy atom. The third-order valence-corrected chi connectivity index (χ3v) is 3.57. The van der Waals surface area contributed by atoms with E-state index < -0.39 is 0 Å². The molecule has 1 N–H and O–H groups in total. The summed E-state index contributed by atoms with van der Waals surface area (Å²) in [6.07, 6.45) is 0. The van der Waals surface area contributed by atoms with Gasteiger partial charge in [0.15, 0.2) is 22.4 Å². The van der Waals surface area contributed by atoms with Crippen LogP contribution >= 0.6 is 11.3 Å². The molecule has 0 unspecified atom stereocenters. The van der Waals surface area contributed by atoms with Gasteiger partial charge >= 0.3 is 0 Å². The number of ketones is 1. The smallest absolute Gasteiger partial charge is 0.257 e. The molecule has 0 aliphatic rings. The molecule has 2 aromatic rings. The number of carbonyl (C=O) groups excluding carboxylic acids is 2. The summed E-state index contributed by atoms with van der Waals surface area (Å²) in [6.45, 7) is 3.81. The summed E-state index contributed by atoms with van der Waals surface area (Å²) in [6, 6.07) is 4.92. The molecule has 0 radical (unpaired) electrons. The van der Waals surface area contributed by atoms with Gasteiger partial charge in [0.2, 0.25) is 0 Å². The first kappa shape index (κ1) is 16.0. The van der Waals surface area contributed by atoms with E-state index in [9.17, 15) is 9.59 Å². The van der Waals surface area contributed by atoms with E-state index in [4.69, 9.17) is 9.47 Å². The van der Waals surface area contributed by atoms with Crippen molar-refractivity contribution in [3.8, 4) is 11.5 Å². The van der Waals surface area contributed by atoms with Crippen LogP contribution < -0.4 is 14.8 Å². The van der Waals surface area contributed by atoms with Crippen molar-refractivity contribution in [2.45, 2.75) is 13.8 Å². The molecule has 0 aliphatic heterocycles. The van der Waals surface area contributed by atoms with Gasteiger partial charge in [0.25, 0.3) is 5.91 Å². The third-order valence-electron chi connectivity index (χ3n) is 2.81. The second kappa shape index (κ2) is 7.04. The topological polar surface area (TPSA) is 77.5 Å². The molecule has 116 valence electrons. The fourth-order valence-corrected chi connectivity index (χ4v) is 2.49. The Balaban J connectivity index is 2.16. The zero-order valence-electron chi connectivity index (χ0n) is 12.5. The number of ether oxygens (including phenoxy) is 2. The molecular weight excluding hydrogens is 304 g/mol. The highest BCUT2D eigenvalue weighted by atomic mass is 32.1. The number of aromatic nitrogens is 1. The molecule has 0 aliphatic carbocycles. The van der Waals surface area contributed by atoms with Crippen molar-refractivity contribution >= 4 is 28.2 Å². The molecular formula is C15H16N2O4S. The zero-order chi connectivity index (χ0) is 16.1. The maximum absolute atomic E-state index is 12.2. The number of anilines is 1. The average molecular weight is 320 g/mol. The SMILES string of the molecule is CCOc1ccc(C(=O)Nc2nc(C(C)=O)cs2)cc1OC. The van der Waals surface area contributed by atoms with E-state index >= 15 is 0 Å². The van der Waals surface area contributed by atoms with Gasteiger partial charge in [-0.2, -0.15) is 0 Å². The fraction of sp³-hybridized carbons (Fsp3) is 0.267. The van der Waals surface area contributed by atoms with Crippen LogP contribution in [-0.4, -0.2) is 30.4 Å². The molecule has 7 heteroatoms. The lowest BCUT2D eigenvalue weighted by atomic mass is 10.2. The maximum Gasteiger partial charge on any atom is 0.257 e. The second-order valence-electron chi connectivity index (χ2n) is 4.35. The number of nitrogens with one attached hydrogen (secondary N) is 1. The molecule has 1 amide bonds. The lowest BCUT2D eigenvalue weighted by Gasteiger charge is -2.10. The minimum Gasteiger partial charge on any atom is -0.493 e. The van der Waals surface area contributed by atoms with Crippen molar-refractivity contribution in [3.05, 3.63) is 34.8 Å². The van der Waals surface area contributed by atoms with E-state index in [2.05, 4.69) is 10.3 Å². The van der Waals surface area contributed by atoms with Crippen molar-refractivity contribution in [1.82, 2.24) is 4.98 Å². The minimum absolute atomic E-state index is 0.139. The Labute approximate surface area is 132 Å². The summed E-state index contributed by atoms with van der Waals surface area (Å²) in [5, 5.41) is 4.64. The van der Waals surface area contributed by atoms with Gasteiger partial charge in [-0.15, -0.1) is 11.3 Å². The molecule has 1 aromatic heterocycles. The van der Waals surface area contributed by atoms with Gasteiger partial charge in [-0.05, 0) is 25.1 Å². The van der Waals surface area contributed by atoms with E-state index in [0.29, 0.717) is 34.5 Å². The number of benzene rings is 1. The van der Waals surface area contributed by atoms with E-state index in [-0.39, 0.29) is 11.7 Å². The van der Waals surface area contributed by atoms with Gasteiger partial charge < -0.3 is 9.47 Å².